The monoisotopic (exact) mass is 278 g/mol. The zero-order valence-electron chi connectivity index (χ0n) is 11.6. The smallest absolute Gasteiger partial charge is 0.337 e. The second-order valence-electron chi connectivity index (χ2n) is 4.20. The summed E-state index contributed by atoms with van der Waals surface area (Å²) >= 11 is 0. The molecule has 2 N–H and O–H groups in total. The molecule has 0 saturated heterocycles. The van der Waals surface area contributed by atoms with Gasteiger partial charge in [0.1, 0.15) is 0 Å². The van der Waals surface area contributed by atoms with Crippen LogP contribution in [0, 0.1) is 0 Å². The molecule has 0 unspecified atom stereocenters. The summed E-state index contributed by atoms with van der Waals surface area (Å²) < 4.78 is 4.59. The number of ether oxygens (including phenoxy) is 1. The van der Waals surface area contributed by atoms with E-state index in [4.69, 9.17) is 0 Å². The van der Waals surface area contributed by atoms with E-state index in [0.29, 0.717) is 18.7 Å². The summed E-state index contributed by atoms with van der Waals surface area (Å²) in [6.45, 7) is 2.10. The van der Waals surface area contributed by atoms with Gasteiger partial charge in [-0.25, -0.2) is 4.79 Å². The van der Waals surface area contributed by atoms with Crippen LogP contribution in [0.3, 0.4) is 0 Å². The van der Waals surface area contributed by atoms with Crippen LogP contribution in [0.5, 0.6) is 0 Å². The maximum absolute atomic E-state index is 11.5. The molecule has 0 spiro atoms. The number of carbonyl (C=O) groups is 3. The molecule has 0 fully saturated rings. The number of nitrogens with one attached hydrogen (secondary N) is 2. The highest BCUT2D eigenvalue weighted by molar-refractivity contribution is 5.89. The van der Waals surface area contributed by atoms with Crippen LogP contribution in [-0.2, 0) is 20.9 Å². The molecule has 1 aromatic carbocycles. The van der Waals surface area contributed by atoms with Crippen molar-refractivity contribution < 1.29 is 19.1 Å². The molecule has 0 aliphatic carbocycles. The van der Waals surface area contributed by atoms with Crippen molar-refractivity contribution in [2.75, 3.05) is 13.7 Å². The van der Waals surface area contributed by atoms with Crippen LogP contribution in [0.1, 0.15) is 29.3 Å². The molecule has 6 nitrogen and oxygen atoms in total. The highest BCUT2D eigenvalue weighted by Gasteiger charge is 2.05. The quantitative estimate of drug-likeness (QED) is 0.747. The normalized spacial score (nSPS) is 9.70. The van der Waals surface area contributed by atoms with Crippen LogP contribution >= 0.6 is 0 Å². The number of hydrogen-bond donors (Lipinski definition) is 2. The third-order valence-electron chi connectivity index (χ3n) is 2.59. The first-order chi connectivity index (χ1) is 9.52. The molecule has 0 bridgehead atoms. The van der Waals surface area contributed by atoms with Crippen molar-refractivity contribution >= 4 is 17.8 Å². The zero-order valence-corrected chi connectivity index (χ0v) is 11.6. The molecule has 6 heteroatoms. The van der Waals surface area contributed by atoms with Gasteiger partial charge in [0.25, 0.3) is 0 Å². The molecule has 1 rings (SSSR count). The van der Waals surface area contributed by atoms with E-state index in [9.17, 15) is 14.4 Å². The van der Waals surface area contributed by atoms with Gasteiger partial charge < -0.3 is 15.4 Å². The number of carbonyl (C=O) groups excluding carboxylic acids is 3. The van der Waals surface area contributed by atoms with Crippen LogP contribution in [-0.4, -0.2) is 31.4 Å². The molecule has 1 aromatic rings. The molecular formula is C14H18N2O4. The summed E-state index contributed by atoms with van der Waals surface area (Å²) in [6, 6.07) is 6.79. The van der Waals surface area contributed by atoms with Crippen LogP contribution < -0.4 is 10.6 Å². The van der Waals surface area contributed by atoms with Gasteiger partial charge in [0.05, 0.1) is 12.7 Å². The van der Waals surface area contributed by atoms with Gasteiger partial charge in [0.2, 0.25) is 11.8 Å². The van der Waals surface area contributed by atoms with Gasteiger partial charge >= 0.3 is 5.97 Å². The standard InChI is InChI=1S/C14H18N2O4/c1-10(17)15-8-7-13(18)16-9-11-3-5-12(6-4-11)14(19)20-2/h3-6H,7-9H2,1-2H3,(H,15,17)(H,16,18). The molecule has 0 atom stereocenters. The summed E-state index contributed by atoms with van der Waals surface area (Å²) in [5.41, 5.74) is 1.35. The van der Waals surface area contributed by atoms with E-state index in [1.165, 1.54) is 14.0 Å². The van der Waals surface area contributed by atoms with Gasteiger partial charge in [0, 0.05) is 26.4 Å². The summed E-state index contributed by atoms with van der Waals surface area (Å²) in [5, 5.41) is 5.28. The third-order valence-corrected chi connectivity index (χ3v) is 2.59. The van der Waals surface area contributed by atoms with Crippen LogP contribution in [0.2, 0.25) is 0 Å². The van der Waals surface area contributed by atoms with E-state index in [1.807, 2.05) is 0 Å². The molecule has 0 heterocycles. The topological polar surface area (TPSA) is 84.5 Å². The number of rotatable bonds is 6. The molecule has 0 aliphatic heterocycles. The molecule has 0 aromatic heterocycles. The number of amides is 2. The zero-order chi connectivity index (χ0) is 15.0. The highest BCUT2D eigenvalue weighted by atomic mass is 16.5. The Kier molecular flexibility index (Phi) is 6.22. The van der Waals surface area contributed by atoms with Crippen molar-refractivity contribution in [3.63, 3.8) is 0 Å². The Hall–Kier alpha value is -2.37. The fourth-order valence-electron chi connectivity index (χ4n) is 1.52. The van der Waals surface area contributed by atoms with Crippen LogP contribution in [0.4, 0.5) is 0 Å². The Labute approximate surface area is 117 Å². The molecular weight excluding hydrogens is 260 g/mol. The summed E-state index contributed by atoms with van der Waals surface area (Å²) in [4.78, 5) is 33.4. The molecule has 20 heavy (non-hydrogen) atoms. The number of esters is 1. The minimum atomic E-state index is -0.393. The Morgan fingerprint density at radius 2 is 1.75 bits per heavy atom. The SMILES string of the molecule is COC(=O)c1ccc(CNC(=O)CCNC(C)=O)cc1. The minimum absolute atomic E-state index is 0.143. The summed E-state index contributed by atoms with van der Waals surface area (Å²) in [7, 11) is 1.32. The lowest BCUT2D eigenvalue weighted by molar-refractivity contribution is -0.121. The van der Waals surface area contributed by atoms with E-state index in [1.54, 1.807) is 24.3 Å². The second kappa shape index (κ2) is 7.93. The Morgan fingerprint density at radius 3 is 2.30 bits per heavy atom. The first kappa shape index (κ1) is 15.7. The van der Waals surface area contributed by atoms with Crippen LogP contribution in [0.15, 0.2) is 24.3 Å². The Bertz CT molecular complexity index is 482. The van der Waals surface area contributed by atoms with Crippen molar-refractivity contribution in [2.45, 2.75) is 19.9 Å². The van der Waals surface area contributed by atoms with E-state index in [0.717, 1.165) is 5.56 Å². The second-order valence-corrected chi connectivity index (χ2v) is 4.20. The maximum Gasteiger partial charge on any atom is 0.337 e. The average molecular weight is 278 g/mol. The third kappa shape index (κ3) is 5.51. The first-order valence-electron chi connectivity index (χ1n) is 6.21. The van der Waals surface area contributed by atoms with Crippen molar-refractivity contribution in [1.82, 2.24) is 10.6 Å². The Morgan fingerprint density at radius 1 is 1.10 bits per heavy atom. The highest BCUT2D eigenvalue weighted by Crippen LogP contribution is 2.05. The van der Waals surface area contributed by atoms with Gasteiger partial charge in [0.15, 0.2) is 0 Å². The van der Waals surface area contributed by atoms with Gasteiger partial charge in [-0.15, -0.1) is 0 Å². The summed E-state index contributed by atoms with van der Waals surface area (Å²) in [5.74, 6) is -0.692. The molecule has 0 saturated carbocycles. The van der Waals surface area contributed by atoms with Crippen molar-refractivity contribution in [2.24, 2.45) is 0 Å². The van der Waals surface area contributed by atoms with Gasteiger partial charge in [-0.05, 0) is 17.7 Å². The molecule has 2 amide bonds. The fourth-order valence-corrected chi connectivity index (χ4v) is 1.52. The van der Waals surface area contributed by atoms with E-state index < -0.39 is 5.97 Å². The summed E-state index contributed by atoms with van der Waals surface area (Å²) in [6.07, 6.45) is 0.236. The lowest BCUT2D eigenvalue weighted by Crippen LogP contribution is -2.29. The Balaban J connectivity index is 2.36. The predicted octanol–water partition coefficient (Wildman–Crippen LogP) is 0.616. The lowest BCUT2D eigenvalue weighted by atomic mass is 10.1. The van der Waals surface area contributed by atoms with E-state index in [-0.39, 0.29) is 18.2 Å². The maximum atomic E-state index is 11.5. The number of hydrogen-bond acceptors (Lipinski definition) is 4. The predicted molar refractivity (Wildman–Crippen MR) is 72.9 cm³/mol. The lowest BCUT2D eigenvalue weighted by Gasteiger charge is -2.06. The van der Waals surface area contributed by atoms with Gasteiger partial charge in [-0.3, -0.25) is 9.59 Å². The van der Waals surface area contributed by atoms with Crippen LogP contribution in [0.25, 0.3) is 0 Å². The fraction of sp³-hybridized carbons (Fsp3) is 0.357. The van der Waals surface area contributed by atoms with Crippen molar-refractivity contribution in [1.29, 1.82) is 0 Å². The van der Waals surface area contributed by atoms with Gasteiger partial charge in [-0.1, -0.05) is 12.1 Å². The van der Waals surface area contributed by atoms with Gasteiger partial charge in [-0.2, -0.15) is 0 Å². The van der Waals surface area contributed by atoms with E-state index in [2.05, 4.69) is 15.4 Å². The van der Waals surface area contributed by atoms with Crippen molar-refractivity contribution in [3.05, 3.63) is 35.4 Å². The number of benzene rings is 1. The first-order valence-corrected chi connectivity index (χ1v) is 6.21. The number of methoxy groups -OCH3 is 1. The average Bonchev–Trinajstić information content (AvgIpc) is 2.44. The van der Waals surface area contributed by atoms with E-state index >= 15 is 0 Å². The molecule has 0 aliphatic rings. The van der Waals surface area contributed by atoms with Crippen molar-refractivity contribution in [3.8, 4) is 0 Å². The molecule has 0 radical (unpaired) electrons. The largest absolute Gasteiger partial charge is 0.465 e. The minimum Gasteiger partial charge on any atom is -0.465 e. The molecule has 108 valence electrons.